The molecule has 29 heavy (non-hydrogen) atoms. The van der Waals surface area contributed by atoms with Gasteiger partial charge in [-0.2, -0.15) is 5.10 Å². The highest BCUT2D eigenvalue weighted by atomic mass is 16.6. The van der Waals surface area contributed by atoms with Crippen molar-refractivity contribution in [3.05, 3.63) is 65.6 Å². The summed E-state index contributed by atoms with van der Waals surface area (Å²) in [6.45, 7) is -0.219. The first kappa shape index (κ1) is 18.4. The molecule has 146 valence electrons. The fourth-order valence-electron chi connectivity index (χ4n) is 3.11. The van der Waals surface area contributed by atoms with Gasteiger partial charge in [-0.1, -0.05) is 12.1 Å². The highest BCUT2D eigenvalue weighted by molar-refractivity contribution is 6.11. The van der Waals surface area contributed by atoms with Gasteiger partial charge in [0.05, 0.1) is 25.5 Å². The number of benzene rings is 2. The maximum atomic E-state index is 12.8. The summed E-state index contributed by atoms with van der Waals surface area (Å²) < 4.78 is 12.3. The van der Waals surface area contributed by atoms with Crippen LogP contribution in [0.3, 0.4) is 0 Å². The SMILES string of the molecule is COc1cc2ccc(CO)cc2c(C(N)=O)c1OC(=O)c1cnn2cccnc12. The Morgan fingerprint density at radius 1 is 1.28 bits per heavy atom. The number of rotatable bonds is 5. The van der Waals surface area contributed by atoms with Crippen LogP contribution in [0.5, 0.6) is 11.5 Å². The van der Waals surface area contributed by atoms with Gasteiger partial charge in [0.15, 0.2) is 17.1 Å². The number of nitrogens with two attached hydrogens (primary N) is 1. The summed E-state index contributed by atoms with van der Waals surface area (Å²) in [5, 5.41) is 14.6. The van der Waals surface area contributed by atoms with Crippen molar-refractivity contribution in [2.24, 2.45) is 5.73 Å². The highest BCUT2D eigenvalue weighted by Crippen LogP contribution is 2.38. The second-order valence-electron chi connectivity index (χ2n) is 6.20. The molecule has 3 N–H and O–H groups in total. The molecule has 9 heteroatoms. The van der Waals surface area contributed by atoms with Gasteiger partial charge in [0.25, 0.3) is 5.91 Å². The highest BCUT2D eigenvalue weighted by Gasteiger charge is 2.25. The second kappa shape index (κ2) is 7.21. The van der Waals surface area contributed by atoms with Gasteiger partial charge in [-0.15, -0.1) is 0 Å². The number of carbonyl (C=O) groups is 2. The zero-order valence-electron chi connectivity index (χ0n) is 15.3. The summed E-state index contributed by atoms with van der Waals surface area (Å²) in [4.78, 5) is 29.2. The number of carbonyl (C=O) groups excluding carboxylic acids is 2. The lowest BCUT2D eigenvalue weighted by molar-refractivity contribution is 0.0729. The van der Waals surface area contributed by atoms with Gasteiger partial charge in [0.1, 0.15) is 5.56 Å². The Labute approximate surface area is 164 Å². The minimum atomic E-state index is -0.801. The van der Waals surface area contributed by atoms with Crippen LogP contribution >= 0.6 is 0 Å². The minimum absolute atomic E-state index is 0.0209. The van der Waals surface area contributed by atoms with Gasteiger partial charge >= 0.3 is 5.97 Å². The fourth-order valence-corrected chi connectivity index (χ4v) is 3.11. The number of amides is 1. The molecule has 2 aromatic carbocycles. The van der Waals surface area contributed by atoms with Crippen molar-refractivity contribution in [2.75, 3.05) is 7.11 Å². The molecule has 0 unspecified atom stereocenters. The Hall–Kier alpha value is -3.98. The number of primary amides is 1. The van der Waals surface area contributed by atoms with E-state index in [2.05, 4.69) is 10.1 Å². The first-order chi connectivity index (χ1) is 14.0. The lowest BCUT2D eigenvalue weighted by Crippen LogP contribution is -2.17. The molecule has 0 spiro atoms. The molecule has 4 aromatic rings. The average Bonchev–Trinajstić information content (AvgIpc) is 3.16. The van der Waals surface area contributed by atoms with Crippen LogP contribution < -0.4 is 15.2 Å². The maximum absolute atomic E-state index is 12.8. The molecule has 2 heterocycles. The van der Waals surface area contributed by atoms with Crippen LogP contribution in [0.2, 0.25) is 0 Å². The van der Waals surface area contributed by atoms with E-state index >= 15 is 0 Å². The summed E-state index contributed by atoms with van der Waals surface area (Å²) in [5.41, 5.74) is 6.58. The molecule has 0 aliphatic carbocycles. The van der Waals surface area contributed by atoms with Crippen LogP contribution in [0.1, 0.15) is 26.3 Å². The lowest BCUT2D eigenvalue weighted by atomic mass is 9.99. The van der Waals surface area contributed by atoms with Crippen LogP contribution in [0.4, 0.5) is 0 Å². The fraction of sp³-hybridized carbons (Fsp3) is 0.100. The number of aliphatic hydroxyl groups is 1. The molecule has 2 aromatic heterocycles. The Morgan fingerprint density at radius 2 is 2.10 bits per heavy atom. The molecule has 0 atom stereocenters. The number of ether oxygens (including phenoxy) is 2. The molecule has 0 aliphatic rings. The first-order valence-electron chi connectivity index (χ1n) is 8.58. The monoisotopic (exact) mass is 392 g/mol. The van der Waals surface area contributed by atoms with Crippen molar-refractivity contribution in [3.63, 3.8) is 0 Å². The first-order valence-corrected chi connectivity index (χ1v) is 8.58. The number of aromatic nitrogens is 3. The number of aliphatic hydroxyl groups excluding tert-OH is 1. The number of nitrogens with zero attached hydrogens (tertiary/aromatic N) is 3. The van der Waals surface area contributed by atoms with Crippen molar-refractivity contribution in [1.29, 1.82) is 0 Å². The Balaban J connectivity index is 1.88. The zero-order valence-corrected chi connectivity index (χ0v) is 15.3. The van der Waals surface area contributed by atoms with E-state index in [1.165, 1.54) is 24.0 Å². The summed E-state index contributed by atoms with van der Waals surface area (Å²) in [6, 6.07) is 8.34. The second-order valence-corrected chi connectivity index (χ2v) is 6.20. The van der Waals surface area contributed by atoms with E-state index in [0.29, 0.717) is 22.0 Å². The van der Waals surface area contributed by atoms with Crippen molar-refractivity contribution >= 4 is 28.3 Å². The largest absolute Gasteiger partial charge is 0.493 e. The number of esters is 1. The van der Waals surface area contributed by atoms with Gasteiger partial charge in [-0.25, -0.2) is 14.3 Å². The summed E-state index contributed by atoms with van der Waals surface area (Å²) in [6.07, 6.45) is 4.49. The molecule has 4 rings (SSSR count). The van der Waals surface area contributed by atoms with Crippen molar-refractivity contribution in [3.8, 4) is 11.5 Å². The number of hydrogen-bond donors (Lipinski definition) is 2. The van der Waals surface area contributed by atoms with Crippen LogP contribution in [0, 0.1) is 0 Å². The Morgan fingerprint density at radius 3 is 2.83 bits per heavy atom. The third-order valence-corrected chi connectivity index (χ3v) is 4.47. The zero-order chi connectivity index (χ0) is 20.5. The standard InChI is InChI=1S/C20H16N4O5/c1-28-15-8-12-4-3-11(10-25)7-13(12)16(18(21)26)17(15)29-20(27)14-9-23-24-6-2-5-22-19(14)24/h2-9,25H,10H2,1H3,(H2,21,26). The van der Waals surface area contributed by atoms with Gasteiger partial charge < -0.3 is 20.3 Å². The van der Waals surface area contributed by atoms with E-state index in [0.717, 1.165) is 0 Å². The quantitative estimate of drug-likeness (QED) is 0.391. The Bertz CT molecular complexity index is 1260. The average molecular weight is 392 g/mol. The van der Waals surface area contributed by atoms with E-state index in [9.17, 15) is 14.7 Å². The molecule has 9 nitrogen and oxygen atoms in total. The Kier molecular flexibility index (Phi) is 4.57. The van der Waals surface area contributed by atoms with Crippen molar-refractivity contribution in [1.82, 2.24) is 14.6 Å². The number of methoxy groups -OCH3 is 1. The molecule has 0 radical (unpaired) electrons. The van der Waals surface area contributed by atoms with Crippen LogP contribution in [0.25, 0.3) is 16.4 Å². The summed E-state index contributed by atoms with van der Waals surface area (Å²) in [7, 11) is 1.39. The molecular weight excluding hydrogens is 376 g/mol. The van der Waals surface area contributed by atoms with E-state index < -0.39 is 11.9 Å². The molecule has 0 fully saturated rings. The van der Waals surface area contributed by atoms with Gasteiger partial charge in [0.2, 0.25) is 0 Å². The topological polar surface area (TPSA) is 129 Å². The van der Waals surface area contributed by atoms with Crippen molar-refractivity contribution < 1.29 is 24.2 Å². The van der Waals surface area contributed by atoms with Crippen LogP contribution in [-0.4, -0.2) is 38.7 Å². The molecule has 0 saturated heterocycles. The molecule has 0 bridgehead atoms. The molecule has 1 amide bonds. The van der Waals surface area contributed by atoms with Gasteiger partial charge in [-0.3, -0.25) is 4.79 Å². The van der Waals surface area contributed by atoms with E-state index in [4.69, 9.17) is 15.2 Å². The minimum Gasteiger partial charge on any atom is -0.493 e. The third-order valence-electron chi connectivity index (χ3n) is 4.47. The van der Waals surface area contributed by atoms with E-state index in [1.54, 1.807) is 36.5 Å². The van der Waals surface area contributed by atoms with Crippen LogP contribution in [-0.2, 0) is 6.61 Å². The smallest absolute Gasteiger partial charge is 0.349 e. The van der Waals surface area contributed by atoms with E-state index in [-0.39, 0.29) is 29.2 Å². The lowest BCUT2D eigenvalue weighted by Gasteiger charge is -2.15. The van der Waals surface area contributed by atoms with Crippen LogP contribution in [0.15, 0.2) is 48.9 Å². The summed E-state index contributed by atoms with van der Waals surface area (Å²) >= 11 is 0. The molecule has 0 saturated carbocycles. The third kappa shape index (κ3) is 3.13. The van der Waals surface area contributed by atoms with E-state index in [1.807, 2.05) is 0 Å². The molecule has 0 aliphatic heterocycles. The summed E-state index contributed by atoms with van der Waals surface area (Å²) in [5.74, 6) is -1.51. The number of fused-ring (bicyclic) bond motifs is 2. The normalized spacial score (nSPS) is 11.0. The number of hydrogen-bond acceptors (Lipinski definition) is 7. The van der Waals surface area contributed by atoms with Gasteiger partial charge in [0, 0.05) is 12.4 Å². The molecular formula is C20H16N4O5. The predicted octanol–water partition coefficient (Wildman–Crippen LogP) is 1.70. The van der Waals surface area contributed by atoms with Crippen molar-refractivity contribution in [2.45, 2.75) is 6.61 Å². The predicted molar refractivity (Wildman–Crippen MR) is 103 cm³/mol. The van der Waals surface area contributed by atoms with Gasteiger partial charge in [-0.05, 0) is 34.5 Å². The maximum Gasteiger partial charge on any atom is 0.349 e.